The first-order valence-corrected chi connectivity index (χ1v) is 6.58. The van der Waals surface area contributed by atoms with Crippen molar-refractivity contribution in [1.29, 1.82) is 0 Å². The Labute approximate surface area is 114 Å². The van der Waals surface area contributed by atoms with Crippen LogP contribution in [0.3, 0.4) is 0 Å². The van der Waals surface area contributed by atoms with Gasteiger partial charge in [-0.2, -0.15) is 0 Å². The number of nitrogen functional groups attached to an aromatic ring is 1. The maximum atomic E-state index is 6.15. The number of hydrogen-bond donors (Lipinski definition) is 1. The third-order valence-electron chi connectivity index (χ3n) is 2.87. The summed E-state index contributed by atoms with van der Waals surface area (Å²) < 4.78 is 7.66. The average molecular weight is 259 g/mol. The molecule has 0 aliphatic carbocycles. The third kappa shape index (κ3) is 2.89. The van der Waals surface area contributed by atoms with Crippen molar-refractivity contribution < 1.29 is 4.74 Å². The van der Waals surface area contributed by atoms with Crippen LogP contribution in [0.4, 0.5) is 5.82 Å². The molecule has 0 unspecified atom stereocenters. The number of aromatic nitrogens is 2. The Kier molecular flexibility index (Phi) is 3.79. The summed E-state index contributed by atoms with van der Waals surface area (Å²) in [5, 5.41) is 0. The molecule has 102 valence electrons. The third-order valence-corrected chi connectivity index (χ3v) is 2.87. The van der Waals surface area contributed by atoms with Crippen LogP contribution in [0.5, 0.6) is 5.75 Å². The Balaban J connectivity index is 2.36. The van der Waals surface area contributed by atoms with E-state index in [9.17, 15) is 0 Å². The summed E-state index contributed by atoms with van der Waals surface area (Å²) in [6, 6.07) is 8.18. The number of hydrogen-bond acceptors (Lipinski definition) is 3. The fourth-order valence-corrected chi connectivity index (χ4v) is 1.99. The van der Waals surface area contributed by atoms with Gasteiger partial charge in [0.05, 0.1) is 12.4 Å². The van der Waals surface area contributed by atoms with Crippen LogP contribution in [0.1, 0.15) is 33.7 Å². The highest BCUT2D eigenvalue weighted by molar-refractivity contribution is 5.71. The lowest BCUT2D eigenvalue weighted by atomic mass is 10.1. The van der Waals surface area contributed by atoms with Crippen LogP contribution in [-0.2, 0) is 0 Å². The molecule has 19 heavy (non-hydrogen) atoms. The zero-order valence-electron chi connectivity index (χ0n) is 11.9. The van der Waals surface area contributed by atoms with Gasteiger partial charge in [0.25, 0.3) is 0 Å². The van der Waals surface area contributed by atoms with Crippen molar-refractivity contribution in [2.24, 2.45) is 0 Å². The fraction of sp³-hybridized carbons (Fsp3) is 0.400. The molecule has 0 atom stereocenters. The highest BCUT2D eigenvalue weighted by Gasteiger charge is 2.12. The molecular weight excluding hydrogens is 238 g/mol. The molecule has 4 nitrogen and oxygen atoms in total. The van der Waals surface area contributed by atoms with E-state index in [0.717, 1.165) is 17.0 Å². The second-order valence-electron chi connectivity index (χ2n) is 5.17. The molecule has 0 spiro atoms. The molecule has 1 aromatic heterocycles. The van der Waals surface area contributed by atoms with E-state index < -0.39 is 0 Å². The predicted molar refractivity (Wildman–Crippen MR) is 78.2 cm³/mol. The van der Waals surface area contributed by atoms with Crippen LogP contribution in [0.25, 0.3) is 11.3 Å². The van der Waals surface area contributed by atoms with Crippen LogP contribution in [0.2, 0.25) is 0 Å². The summed E-state index contributed by atoms with van der Waals surface area (Å²) in [6.07, 6.45) is 1.94. The van der Waals surface area contributed by atoms with Crippen LogP contribution in [-0.4, -0.2) is 15.7 Å². The molecule has 0 aliphatic heterocycles. The van der Waals surface area contributed by atoms with Crippen molar-refractivity contribution in [3.05, 3.63) is 30.6 Å². The first kappa shape index (κ1) is 13.5. The molecule has 1 aromatic carbocycles. The van der Waals surface area contributed by atoms with Gasteiger partial charge in [-0.1, -0.05) is 12.1 Å². The molecule has 0 radical (unpaired) electrons. The van der Waals surface area contributed by atoms with Gasteiger partial charge in [-0.15, -0.1) is 0 Å². The molecule has 2 N–H and O–H groups in total. The first-order valence-electron chi connectivity index (χ1n) is 6.58. The van der Waals surface area contributed by atoms with Gasteiger partial charge in [0.2, 0.25) is 0 Å². The molecule has 0 saturated heterocycles. The Morgan fingerprint density at radius 2 is 1.95 bits per heavy atom. The van der Waals surface area contributed by atoms with E-state index in [4.69, 9.17) is 10.5 Å². The van der Waals surface area contributed by atoms with Crippen molar-refractivity contribution in [3.63, 3.8) is 0 Å². The summed E-state index contributed by atoms with van der Waals surface area (Å²) in [6.45, 7) is 8.18. The molecule has 0 saturated carbocycles. The number of rotatable bonds is 4. The monoisotopic (exact) mass is 259 g/mol. The maximum absolute atomic E-state index is 6.15. The highest BCUT2D eigenvalue weighted by Crippen LogP contribution is 2.29. The number of benzene rings is 1. The minimum Gasteiger partial charge on any atom is -0.491 e. The van der Waals surface area contributed by atoms with Gasteiger partial charge in [0.1, 0.15) is 17.3 Å². The average Bonchev–Trinajstić information content (AvgIpc) is 2.70. The molecule has 0 amide bonds. The number of nitrogens with two attached hydrogens (primary N) is 1. The summed E-state index contributed by atoms with van der Waals surface area (Å²) in [5.74, 6) is 1.53. The largest absolute Gasteiger partial charge is 0.491 e. The second kappa shape index (κ2) is 5.34. The van der Waals surface area contributed by atoms with Crippen molar-refractivity contribution in [1.82, 2.24) is 9.55 Å². The lowest BCUT2D eigenvalue weighted by Crippen LogP contribution is -2.05. The van der Waals surface area contributed by atoms with E-state index in [0.29, 0.717) is 11.9 Å². The number of anilines is 1. The van der Waals surface area contributed by atoms with Gasteiger partial charge in [-0.05, 0) is 39.8 Å². The molecule has 2 rings (SSSR count). The molecule has 0 aliphatic rings. The van der Waals surface area contributed by atoms with Crippen molar-refractivity contribution in [2.75, 3.05) is 5.73 Å². The van der Waals surface area contributed by atoms with E-state index in [1.165, 1.54) is 0 Å². The molecule has 0 bridgehead atoms. The molecule has 0 fully saturated rings. The predicted octanol–water partition coefficient (Wildman–Crippen LogP) is 3.50. The van der Waals surface area contributed by atoms with Gasteiger partial charge in [-0.25, -0.2) is 4.98 Å². The lowest BCUT2D eigenvalue weighted by Gasteiger charge is -2.11. The summed E-state index contributed by atoms with van der Waals surface area (Å²) >= 11 is 0. The fourth-order valence-electron chi connectivity index (χ4n) is 1.99. The Hall–Kier alpha value is -1.97. The normalized spacial score (nSPS) is 11.3. The quantitative estimate of drug-likeness (QED) is 0.914. The standard InChI is InChI=1S/C15H21N3O/c1-10(2)18-9-17-14(15(18)16)12-6-5-7-13(8-12)19-11(3)4/h5-11H,16H2,1-4H3. The molecule has 2 aromatic rings. The SMILES string of the molecule is CC(C)Oc1cccc(-c2ncn(C(C)C)c2N)c1. The first-order chi connectivity index (χ1) is 8.99. The van der Waals surface area contributed by atoms with Crippen molar-refractivity contribution >= 4 is 5.82 Å². The molecule has 1 heterocycles. The van der Waals surface area contributed by atoms with Gasteiger partial charge in [0, 0.05) is 11.6 Å². The van der Waals surface area contributed by atoms with Gasteiger partial charge < -0.3 is 15.0 Å². The van der Waals surface area contributed by atoms with Crippen molar-refractivity contribution in [3.8, 4) is 17.0 Å². The molecule has 4 heteroatoms. The van der Waals surface area contributed by atoms with E-state index in [-0.39, 0.29) is 6.10 Å². The number of nitrogens with zero attached hydrogens (tertiary/aromatic N) is 2. The minimum absolute atomic E-state index is 0.154. The zero-order chi connectivity index (χ0) is 14.0. The second-order valence-corrected chi connectivity index (χ2v) is 5.17. The van der Waals surface area contributed by atoms with Gasteiger partial charge >= 0.3 is 0 Å². The van der Waals surface area contributed by atoms with E-state index in [1.54, 1.807) is 6.33 Å². The Bertz CT molecular complexity index is 558. The Morgan fingerprint density at radius 1 is 1.21 bits per heavy atom. The highest BCUT2D eigenvalue weighted by atomic mass is 16.5. The minimum atomic E-state index is 0.154. The summed E-state index contributed by atoms with van der Waals surface area (Å²) in [4.78, 5) is 4.41. The topological polar surface area (TPSA) is 53.1 Å². The maximum Gasteiger partial charge on any atom is 0.131 e. The van der Waals surface area contributed by atoms with Crippen LogP contribution in [0.15, 0.2) is 30.6 Å². The number of imidazole rings is 1. The lowest BCUT2D eigenvalue weighted by molar-refractivity contribution is 0.242. The smallest absolute Gasteiger partial charge is 0.131 e. The Morgan fingerprint density at radius 3 is 2.53 bits per heavy atom. The number of ether oxygens (including phenoxy) is 1. The van der Waals surface area contributed by atoms with E-state index in [1.807, 2.05) is 42.7 Å². The van der Waals surface area contributed by atoms with Crippen molar-refractivity contribution in [2.45, 2.75) is 39.8 Å². The van der Waals surface area contributed by atoms with Crippen LogP contribution in [0, 0.1) is 0 Å². The molecular formula is C15H21N3O. The van der Waals surface area contributed by atoms with Gasteiger partial charge in [-0.3, -0.25) is 0 Å². The summed E-state index contributed by atoms with van der Waals surface area (Å²) in [5.41, 5.74) is 7.94. The van der Waals surface area contributed by atoms with Crippen LogP contribution < -0.4 is 10.5 Å². The van der Waals surface area contributed by atoms with E-state index in [2.05, 4.69) is 18.8 Å². The zero-order valence-corrected chi connectivity index (χ0v) is 11.9. The van der Waals surface area contributed by atoms with E-state index >= 15 is 0 Å². The van der Waals surface area contributed by atoms with Gasteiger partial charge in [0.15, 0.2) is 0 Å². The van der Waals surface area contributed by atoms with Crippen LogP contribution >= 0.6 is 0 Å². The summed E-state index contributed by atoms with van der Waals surface area (Å²) in [7, 11) is 0.